The van der Waals surface area contributed by atoms with E-state index in [1.807, 2.05) is 0 Å². The standard InChI is InChI=1S/C18H20O/c19-12-6-5-11-18-16-9-3-1-7-14(16)13-15-8-2-4-10-17(15)18/h1-4,7-10,18-19H,5-6,11-13H2. The first-order valence-corrected chi connectivity index (χ1v) is 7.16. The van der Waals surface area contributed by atoms with Crippen molar-refractivity contribution in [2.75, 3.05) is 6.61 Å². The SMILES string of the molecule is OCCCCC1c2ccccc2Cc2ccccc21. The van der Waals surface area contributed by atoms with Crippen LogP contribution in [0.5, 0.6) is 0 Å². The van der Waals surface area contributed by atoms with Crippen LogP contribution < -0.4 is 0 Å². The van der Waals surface area contributed by atoms with Crippen molar-refractivity contribution in [1.82, 2.24) is 0 Å². The highest BCUT2D eigenvalue weighted by molar-refractivity contribution is 5.48. The van der Waals surface area contributed by atoms with Gasteiger partial charge in [-0.1, -0.05) is 55.0 Å². The molecule has 0 saturated carbocycles. The Morgan fingerprint density at radius 3 is 2.00 bits per heavy atom. The lowest BCUT2D eigenvalue weighted by Crippen LogP contribution is -2.13. The monoisotopic (exact) mass is 252 g/mol. The van der Waals surface area contributed by atoms with Gasteiger partial charge in [-0.25, -0.2) is 0 Å². The smallest absolute Gasteiger partial charge is 0.0431 e. The second-order valence-electron chi connectivity index (χ2n) is 5.35. The zero-order valence-corrected chi connectivity index (χ0v) is 11.2. The topological polar surface area (TPSA) is 20.2 Å². The summed E-state index contributed by atoms with van der Waals surface area (Å²) in [5.41, 5.74) is 5.91. The van der Waals surface area contributed by atoms with Crippen LogP contribution in [-0.4, -0.2) is 11.7 Å². The Labute approximate surface area is 114 Å². The Balaban J connectivity index is 1.96. The lowest BCUT2D eigenvalue weighted by atomic mass is 9.76. The van der Waals surface area contributed by atoms with Crippen LogP contribution in [0.4, 0.5) is 0 Å². The van der Waals surface area contributed by atoms with Gasteiger partial charge in [-0.15, -0.1) is 0 Å². The van der Waals surface area contributed by atoms with Crippen molar-refractivity contribution < 1.29 is 5.11 Å². The normalized spacial score (nSPS) is 13.9. The van der Waals surface area contributed by atoms with Gasteiger partial charge in [0.15, 0.2) is 0 Å². The Hall–Kier alpha value is -1.60. The molecule has 1 N–H and O–H groups in total. The molecule has 0 unspecified atom stereocenters. The van der Waals surface area contributed by atoms with Crippen molar-refractivity contribution >= 4 is 0 Å². The molecule has 1 nitrogen and oxygen atoms in total. The summed E-state index contributed by atoms with van der Waals surface area (Å²) in [6.45, 7) is 0.302. The van der Waals surface area contributed by atoms with Crippen LogP contribution in [0.1, 0.15) is 47.4 Å². The second kappa shape index (κ2) is 5.58. The number of fused-ring (bicyclic) bond motifs is 2. The molecule has 1 aliphatic rings. The lowest BCUT2D eigenvalue weighted by Gasteiger charge is -2.28. The van der Waals surface area contributed by atoms with Gasteiger partial charge >= 0.3 is 0 Å². The number of rotatable bonds is 4. The fourth-order valence-corrected chi connectivity index (χ4v) is 3.21. The first kappa shape index (κ1) is 12.4. The van der Waals surface area contributed by atoms with Gasteiger partial charge in [0.1, 0.15) is 0 Å². The Morgan fingerprint density at radius 2 is 1.42 bits per heavy atom. The number of aliphatic hydroxyl groups is 1. The summed E-state index contributed by atoms with van der Waals surface area (Å²) < 4.78 is 0. The molecule has 0 radical (unpaired) electrons. The van der Waals surface area contributed by atoms with E-state index in [0.29, 0.717) is 12.5 Å². The first-order chi connectivity index (χ1) is 9.40. The Morgan fingerprint density at radius 1 is 0.842 bits per heavy atom. The minimum Gasteiger partial charge on any atom is -0.396 e. The summed E-state index contributed by atoms with van der Waals surface area (Å²) in [5, 5.41) is 8.99. The Kier molecular flexibility index (Phi) is 3.65. The molecule has 0 amide bonds. The van der Waals surface area contributed by atoms with Gasteiger partial charge in [-0.05, 0) is 41.5 Å². The third kappa shape index (κ3) is 2.43. The molecule has 0 aliphatic heterocycles. The van der Waals surface area contributed by atoms with E-state index >= 15 is 0 Å². The molecular weight excluding hydrogens is 232 g/mol. The van der Waals surface area contributed by atoms with Gasteiger partial charge in [-0.3, -0.25) is 0 Å². The maximum absolute atomic E-state index is 8.99. The van der Waals surface area contributed by atoms with Gasteiger partial charge in [0, 0.05) is 12.5 Å². The van der Waals surface area contributed by atoms with E-state index in [0.717, 1.165) is 25.7 Å². The van der Waals surface area contributed by atoms with Crippen LogP contribution >= 0.6 is 0 Å². The van der Waals surface area contributed by atoms with Crippen LogP contribution in [0.15, 0.2) is 48.5 Å². The molecule has 2 aromatic rings. The zero-order valence-electron chi connectivity index (χ0n) is 11.2. The average molecular weight is 252 g/mol. The molecule has 2 aromatic carbocycles. The van der Waals surface area contributed by atoms with E-state index in [1.165, 1.54) is 22.3 Å². The molecular formula is C18H20O. The van der Waals surface area contributed by atoms with Gasteiger partial charge < -0.3 is 5.11 Å². The van der Waals surface area contributed by atoms with Gasteiger partial charge in [0.25, 0.3) is 0 Å². The highest BCUT2D eigenvalue weighted by Gasteiger charge is 2.24. The highest BCUT2D eigenvalue weighted by atomic mass is 16.2. The van der Waals surface area contributed by atoms with E-state index < -0.39 is 0 Å². The summed E-state index contributed by atoms with van der Waals surface area (Å²) >= 11 is 0. The minimum atomic E-state index is 0.302. The molecule has 3 rings (SSSR count). The van der Waals surface area contributed by atoms with Crippen molar-refractivity contribution in [3.05, 3.63) is 70.8 Å². The molecule has 0 heterocycles. The van der Waals surface area contributed by atoms with Gasteiger partial charge in [0.2, 0.25) is 0 Å². The second-order valence-corrected chi connectivity index (χ2v) is 5.35. The molecule has 98 valence electrons. The number of unbranched alkanes of at least 4 members (excludes halogenated alkanes) is 1. The van der Waals surface area contributed by atoms with E-state index in [4.69, 9.17) is 5.11 Å². The minimum absolute atomic E-state index is 0.302. The summed E-state index contributed by atoms with van der Waals surface area (Å²) in [7, 11) is 0. The average Bonchev–Trinajstić information content (AvgIpc) is 2.46. The molecule has 0 aromatic heterocycles. The van der Waals surface area contributed by atoms with Crippen molar-refractivity contribution in [3.8, 4) is 0 Å². The van der Waals surface area contributed by atoms with Crippen LogP contribution in [-0.2, 0) is 6.42 Å². The quantitative estimate of drug-likeness (QED) is 0.819. The molecule has 1 aliphatic carbocycles. The molecule has 0 saturated heterocycles. The summed E-state index contributed by atoms with van der Waals surface area (Å²) in [5.74, 6) is 0.507. The molecule has 0 atom stereocenters. The largest absolute Gasteiger partial charge is 0.396 e. The maximum Gasteiger partial charge on any atom is 0.0431 e. The maximum atomic E-state index is 8.99. The van der Waals surface area contributed by atoms with Crippen LogP contribution in [0, 0.1) is 0 Å². The van der Waals surface area contributed by atoms with Gasteiger partial charge in [-0.2, -0.15) is 0 Å². The third-order valence-electron chi connectivity index (χ3n) is 4.14. The van der Waals surface area contributed by atoms with E-state index in [9.17, 15) is 0 Å². The zero-order chi connectivity index (χ0) is 13.1. The first-order valence-electron chi connectivity index (χ1n) is 7.16. The summed E-state index contributed by atoms with van der Waals surface area (Å²) in [4.78, 5) is 0. The lowest BCUT2D eigenvalue weighted by molar-refractivity contribution is 0.282. The molecule has 1 heteroatoms. The number of hydrogen-bond donors (Lipinski definition) is 1. The third-order valence-corrected chi connectivity index (χ3v) is 4.14. The van der Waals surface area contributed by atoms with E-state index in [2.05, 4.69) is 48.5 Å². The number of hydrogen-bond acceptors (Lipinski definition) is 1. The van der Waals surface area contributed by atoms with E-state index in [-0.39, 0.29) is 0 Å². The van der Waals surface area contributed by atoms with Crippen LogP contribution in [0.25, 0.3) is 0 Å². The van der Waals surface area contributed by atoms with Crippen molar-refractivity contribution in [2.24, 2.45) is 0 Å². The summed E-state index contributed by atoms with van der Waals surface area (Å²) in [6.07, 6.45) is 4.18. The van der Waals surface area contributed by atoms with Crippen LogP contribution in [0.2, 0.25) is 0 Å². The predicted octanol–water partition coefficient (Wildman–Crippen LogP) is 3.89. The number of aliphatic hydroxyl groups excluding tert-OH is 1. The fraction of sp³-hybridized carbons (Fsp3) is 0.333. The van der Waals surface area contributed by atoms with Gasteiger partial charge in [0.05, 0.1) is 0 Å². The van der Waals surface area contributed by atoms with Crippen molar-refractivity contribution in [3.63, 3.8) is 0 Å². The molecule has 0 spiro atoms. The highest BCUT2D eigenvalue weighted by Crippen LogP contribution is 2.39. The molecule has 0 fully saturated rings. The molecule has 0 bridgehead atoms. The van der Waals surface area contributed by atoms with Crippen LogP contribution in [0.3, 0.4) is 0 Å². The Bertz CT molecular complexity index is 514. The van der Waals surface area contributed by atoms with Crippen molar-refractivity contribution in [1.29, 1.82) is 0 Å². The fourth-order valence-electron chi connectivity index (χ4n) is 3.21. The molecule has 19 heavy (non-hydrogen) atoms. The van der Waals surface area contributed by atoms with E-state index in [1.54, 1.807) is 0 Å². The predicted molar refractivity (Wildman–Crippen MR) is 78.5 cm³/mol. The van der Waals surface area contributed by atoms with Crippen molar-refractivity contribution in [2.45, 2.75) is 31.6 Å². The summed E-state index contributed by atoms with van der Waals surface area (Å²) in [6, 6.07) is 17.6. The number of benzene rings is 2.